The van der Waals surface area contributed by atoms with E-state index in [1.54, 1.807) is 0 Å². The molecule has 12 rings (SSSR count). The van der Waals surface area contributed by atoms with E-state index in [9.17, 15) is 0 Å². The predicted molar refractivity (Wildman–Crippen MR) is 256 cm³/mol. The Hall–Kier alpha value is -8.06. The first kappa shape index (κ1) is 35.8. The molecule has 0 radical (unpaired) electrons. The molecule has 8 aromatic carbocycles. The molecule has 5 nitrogen and oxygen atoms in total. The molecule has 62 heavy (non-hydrogen) atoms. The summed E-state index contributed by atoms with van der Waals surface area (Å²) in [5.74, 6) is 1.31. The van der Waals surface area contributed by atoms with Crippen molar-refractivity contribution in [3.63, 3.8) is 0 Å². The van der Waals surface area contributed by atoms with E-state index in [4.69, 9.17) is 14.4 Å². The zero-order valence-electron chi connectivity index (χ0n) is 33.2. The number of thiophene rings is 1. The van der Waals surface area contributed by atoms with Crippen molar-refractivity contribution in [2.75, 3.05) is 0 Å². The maximum absolute atomic E-state index is 6.77. The van der Waals surface area contributed by atoms with Gasteiger partial charge in [-0.1, -0.05) is 164 Å². The molecule has 0 fully saturated rings. The molecule has 0 saturated carbocycles. The Morgan fingerprint density at radius 3 is 1.66 bits per heavy atom. The van der Waals surface area contributed by atoms with E-state index in [1.807, 2.05) is 90.5 Å². The lowest BCUT2D eigenvalue weighted by molar-refractivity contribution is 0.670. The van der Waals surface area contributed by atoms with Crippen molar-refractivity contribution in [1.82, 2.24) is 19.9 Å². The highest BCUT2D eigenvalue weighted by Crippen LogP contribution is 2.46. The molecule has 0 bridgehead atoms. The Bertz CT molecular complexity index is 3600. The van der Waals surface area contributed by atoms with Crippen molar-refractivity contribution < 1.29 is 4.42 Å². The number of nitrogens with zero attached hydrogens (tertiary/aromatic N) is 4. The average molecular weight is 811 g/mol. The number of para-hydroxylation sites is 1. The van der Waals surface area contributed by atoms with Gasteiger partial charge in [0.05, 0.1) is 11.4 Å². The van der Waals surface area contributed by atoms with Crippen LogP contribution in [-0.2, 0) is 0 Å². The third-order valence-corrected chi connectivity index (χ3v) is 12.8. The van der Waals surface area contributed by atoms with Gasteiger partial charge in [-0.05, 0) is 52.6 Å². The minimum absolute atomic E-state index is 0.646. The summed E-state index contributed by atoms with van der Waals surface area (Å²) in [5, 5.41) is 4.75. The molecule has 12 aromatic rings. The number of furan rings is 1. The van der Waals surface area contributed by atoms with Gasteiger partial charge in [-0.15, -0.1) is 11.3 Å². The molecule has 0 unspecified atom stereocenters. The quantitative estimate of drug-likeness (QED) is 0.160. The first-order valence-electron chi connectivity index (χ1n) is 20.6. The summed E-state index contributed by atoms with van der Waals surface area (Å²) in [6.45, 7) is 0. The summed E-state index contributed by atoms with van der Waals surface area (Å²) in [4.78, 5) is 19.6. The summed E-state index contributed by atoms with van der Waals surface area (Å²) in [7, 11) is 0. The van der Waals surface area contributed by atoms with Gasteiger partial charge in [-0.3, -0.25) is 0 Å². The topological polar surface area (TPSA) is 64.7 Å². The van der Waals surface area contributed by atoms with Crippen LogP contribution in [0.15, 0.2) is 211 Å². The molecule has 0 aliphatic rings. The van der Waals surface area contributed by atoms with Crippen LogP contribution in [0, 0.1) is 0 Å². The van der Waals surface area contributed by atoms with Crippen molar-refractivity contribution in [2.24, 2.45) is 0 Å². The third kappa shape index (κ3) is 6.24. The molecule has 0 saturated heterocycles. The number of fused-ring (bicyclic) bond motifs is 6. The molecule has 4 heterocycles. The van der Waals surface area contributed by atoms with Gasteiger partial charge in [0.1, 0.15) is 11.2 Å². The van der Waals surface area contributed by atoms with Gasteiger partial charge in [0.2, 0.25) is 0 Å². The first-order chi connectivity index (χ1) is 30.7. The minimum atomic E-state index is 0.646. The van der Waals surface area contributed by atoms with E-state index >= 15 is 0 Å². The van der Waals surface area contributed by atoms with Gasteiger partial charge < -0.3 is 4.42 Å². The Kier molecular flexibility index (Phi) is 8.61. The summed E-state index contributed by atoms with van der Waals surface area (Å²) < 4.78 is 9.33. The number of hydrogen-bond acceptors (Lipinski definition) is 6. The Morgan fingerprint density at radius 1 is 0.355 bits per heavy atom. The third-order valence-electron chi connectivity index (χ3n) is 11.7. The highest BCUT2D eigenvalue weighted by molar-refractivity contribution is 7.25. The highest BCUT2D eigenvalue weighted by atomic mass is 32.1. The fourth-order valence-corrected chi connectivity index (χ4v) is 9.74. The van der Waals surface area contributed by atoms with Crippen molar-refractivity contribution in [2.45, 2.75) is 0 Å². The van der Waals surface area contributed by atoms with Crippen LogP contribution >= 0.6 is 11.3 Å². The SMILES string of the molecule is c1ccc(-c2cnc(-c3ccc(-c4nc(-c5ccccc5)cc(-c5ccc(-c6ccc(-c7cccc8sc9ccccc9c78)c7oc8ccccc8c67)cc5)n4)cc3)nc2)cc1. The zero-order valence-corrected chi connectivity index (χ0v) is 34.1. The lowest BCUT2D eigenvalue weighted by Crippen LogP contribution is -1.96. The Morgan fingerprint density at radius 2 is 0.919 bits per heavy atom. The highest BCUT2D eigenvalue weighted by Gasteiger charge is 2.20. The average Bonchev–Trinajstić information content (AvgIpc) is 3.94. The van der Waals surface area contributed by atoms with E-state index in [-0.39, 0.29) is 0 Å². The smallest absolute Gasteiger partial charge is 0.160 e. The molecular formula is C56H34N4OS. The van der Waals surface area contributed by atoms with E-state index in [0.29, 0.717) is 11.6 Å². The standard InChI is InChI=1S/C56H34N4OS/c1-3-12-35(13-4-1)41-33-57-55(58-34-41)39-26-28-40(29-27-39)56-59-47(37-14-5-2-6-15-37)32-48(60-56)38-24-22-36(23-25-38)42-30-31-44(54-53(42)45-16-7-9-19-49(45)61-54)43-18-11-21-51-52(43)46-17-8-10-20-50(46)62-51/h1-34H. The molecule has 0 N–H and O–H groups in total. The van der Waals surface area contributed by atoms with Crippen molar-refractivity contribution in [1.29, 1.82) is 0 Å². The zero-order chi connectivity index (χ0) is 41.0. The minimum Gasteiger partial charge on any atom is -0.455 e. The second-order valence-corrected chi connectivity index (χ2v) is 16.5. The second kappa shape index (κ2) is 14.9. The lowest BCUT2D eigenvalue weighted by atomic mass is 9.92. The molecule has 0 spiro atoms. The lowest BCUT2D eigenvalue weighted by Gasteiger charge is -2.12. The van der Waals surface area contributed by atoms with Gasteiger partial charge in [0.25, 0.3) is 0 Å². The van der Waals surface area contributed by atoms with E-state index in [0.717, 1.165) is 83.4 Å². The molecule has 0 aliphatic carbocycles. The molecule has 0 aliphatic heterocycles. The van der Waals surface area contributed by atoms with Crippen molar-refractivity contribution in [3.05, 3.63) is 207 Å². The van der Waals surface area contributed by atoms with Gasteiger partial charge in [-0.2, -0.15) is 0 Å². The van der Waals surface area contributed by atoms with E-state index in [1.165, 1.54) is 25.7 Å². The van der Waals surface area contributed by atoms with Crippen LogP contribution in [0.3, 0.4) is 0 Å². The molecule has 4 aromatic heterocycles. The van der Waals surface area contributed by atoms with Crippen LogP contribution < -0.4 is 0 Å². The number of aromatic nitrogens is 4. The maximum Gasteiger partial charge on any atom is 0.160 e. The Labute approximate surface area is 361 Å². The normalized spacial score (nSPS) is 11.5. The predicted octanol–water partition coefficient (Wildman–Crippen LogP) is 15.2. The first-order valence-corrected chi connectivity index (χ1v) is 21.4. The largest absolute Gasteiger partial charge is 0.455 e. The number of benzene rings is 8. The van der Waals surface area contributed by atoms with Crippen molar-refractivity contribution >= 4 is 53.4 Å². The van der Waals surface area contributed by atoms with Crippen LogP contribution in [0.5, 0.6) is 0 Å². The van der Waals surface area contributed by atoms with Crippen LogP contribution in [0.1, 0.15) is 0 Å². The van der Waals surface area contributed by atoms with Gasteiger partial charge in [0, 0.05) is 76.7 Å². The van der Waals surface area contributed by atoms with Crippen LogP contribution in [0.4, 0.5) is 0 Å². The maximum atomic E-state index is 6.77. The Balaban J connectivity index is 0.924. The van der Waals surface area contributed by atoms with E-state index < -0.39 is 0 Å². The monoisotopic (exact) mass is 810 g/mol. The van der Waals surface area contributed by atoms with Crippen LogP contribution in [0.2, 0.25) is 0 Å². The fraction of sp³-hybridized carbons (Fsp3) is 0. The van der Waals surface area contributed by atoms with Gasteiger partial charge in [-0.25, -0.2) is 19.9 Å². The molecule has 6 heteroatoms. The molecular weight excluding hydrogens is 777 g/mol. The summed E-state index contributed by atoms with van der Waals surface area (Å²) >= 11 is 1.83. The van der Waals surface area contributed by atoms with Crippen LogP contribution in [-0.4, -0.2) is 19.9 Å². The summed E-state index contributed by atoms with van der Waals surface area (Å²) in [5.41, 5.74) is 13.9. The number of hydrogen-bond donors (Lipinski definition) is 0. The second-order valence-electron chi connectivity index (χ2n) is 15.4. The molecule has 0 atom stereocenters. The molecule has 0 amide bonds. The van der Waals surface area contributed by atoms with Gasteiger partial charge >= 0.3 is 0 Å². The summed E-state index contributed by atoms with van der Waals surface area (Å²) in [6.07, 6.45) is 3.75. The van der Waals surface area contributed by atoms with E-state index in [2.05, 4.69) is 137 Å². The van der Waals surface area contributed by atoms with Crippen molar-refractivity contribution in [3.8, 4) is 78.7 Å². The molecule has 290 valence electrons. The van der Waals surface area contributed by atoms with Crippen LogP contribution in [0.25, 0.3) is 121 Å². The summed E-state index contributed by atoms with van der Waals surface area (Å²) in [6, 6.07) is 67.5. The van der Waals surface area contributed by atoms with Gasteiger partial charge in [0.15, 0.2) is 11.6 Å². The number of rotatable bonds is 7. The fourth-order valence-electron chi connectivity index (χ4n) is 8.61.